The van der Waals surface area contributed by atoms with Crippen molar-refractivity contribution < 1.29 is 9.47 Å². The largest absolute Gasteiger partial charge is 0.379 e. The zero-order valence-corrected chi connectivity index (χ0v) is 17.3. The summed E-state index contributed by atoms with van der Waals surface area (Å²) in [5, 5.41) is 9.08. The van der Waals surface area contributed by atoms with Gasteiger partial charge in [0.25, 0.3) is 0 Å². The number of hydrogen-bond acceptors (Lipinski definition) is 5. The van der Waals surface area contributed by atoms with Crippen LogP contribution in [0.25, 0.3) is 0 Å². The smallest absolute Gasteiger partial charge is 0.191 e. The van der Waals surface area contributed by atoms with Crippen LogP contribution in [0.4, 0.5) is 0 Å². The zero-order valence-electron chi connectivity index (χ0n) is 16.5. The van der Waals surface area contributed by atoms with Gasteiger partial charge in [-0.1, -0.05) is 6.07 Å². The SMILES string of the molecule is CN=C(NCCCOCC1CCCO1)NCC(c1cccs1)N1CCCC1. The highest BCUT2D eigenvalue weighted by Crippen LogP contribution is 2.27. The van der Waals surface area contributed by atoms with E-state index in [4.69, 9.17) is 9.47 Å². The Kier molecular flexibility index (Phi) is 8.87. The van der Waals surface area contributed by atoms with Gasteiger partial charge in [0.2, 0.25) is 0 Å². The highest BCUT2D eigenvalue weighted by atomic mass is 32.1. The van der Waals surface area contributed by atoms with Crippen molar-refractivity contribution in [2.24, 2.45) is 4.99 Å². The molecule has 0 aliphatic carbocycles. The molecule has 0 spiro atoms. The third-order valence-electron chi connectivity index (χ3n) is 5.23. The quantitative estimate of drug-likeness (QED) is 0.363. The topological polar surface area (TPSA) is 58.1 Å². The van der Waals surface area contributed by atoms with Crippen molar-refractivity contribution in [1.29, 1.82) is 0 Å². The lowest BCUT2D eigenvalue weighted by Gasteiger charge is -2.27. The van der Waals surface area contributed by atoms with Crippen LogP contribution in [-0.4, -0.2) is 70.0 Å². The van der Waals surface area contributed by atoms with Gasteiger partial charge in [0.1, 0.15) is 0 Å². The second kappa shape index (κ2) is 11.6. The molecular formula is C20H34N4O2S. The Morgan fingerprint density at radius 1 is 1.37 bits per heavy atom. The third-order valence-corrected chi connectivity index (χ3v) is 6.20. The summed E-state index contributed by atoms with van der Waals surface area (Å²) in [4.78, 5) is 8.39. The van der Waals surface area contributed by atoms with Crippen molar-refractivity contribution in [2.75, 3.05) is 53.0 Å². The minimum Gasteiger partial charge on any atom is -0.379 e. The number of hydrogen-bond donors (Lipinski definition) is 2. The monoisotopic (exact) mass is 394 g/mol. The maximum absolute atomic E-state index is 5.72. The molecule has 0 bridgehead atoms. The Bertz CT molecular complexity index is 540. The first-order valence-corrected chi connectivity index (χ1v) is 11.2. The molecule has 3 heterocycles. The van der Waals surface area contributed by atoms with E-state index in [0.29, 0.717) is 12.1 Å². The first kappa shape index (κ1) is 20.6. The number of nitrogens with one attached hydrogen (secondary N) is 2. The molecule has 2 unspecified atom stereocenters. The molecule has 2 aliphatic rings. The number of aliphatic imine (C=N–C) groups is 1. The third kappa shape index (κ3) is 6.75. The van der Waals surface area contributed by atoms with Crippen molar-refractivity contribution >= 4 is 17.3 Å². The summed E-state index contributed by atoms with van der Waals surface area (Å²) < 4.78 is 11.3. The summed E-state index contributed by atoms with van der Waals surface area (Å²) in [5.41, 5.74) is 0. The van der Waals surface area contributed by atoms with Gasteiger partial charge in [0.05, 0.1) is 18.8 Å². The number of thiophene rings is 1. The van der Waals surface area contributed by atoms with E-state index in [9.17, 15) is 0 Å². The van der Waals surface area contributed by atoms with Gasteiger partial charge in [0, 0.05) is 38.2 Å². The maximum Gasteiger partial charge on any atom is 0.191 e. The van der Waals surface area contributed by atoms with Crippen LogP contribution in [0.3, 0.4) is 0 Å². The Morgan fingerprint density at radius 2 is 2.26 bits per heavy atom. The normalized spacial score (nSPS) is 22.3. The van der Waals surface area contributed by atoms with Gasteiger partial charge in [-0.25, -0.2) is 0 Å². The van der Waals surface area contributed by atoms with E-state index in [0.717, 1.165) is 51.7 Å². The fraction of sp³-hybridized carbons (Fsp3) is 0.750. The van der Waals surface area contributed by atoms with Crippen LogP contribution >= 0.6 is 11.3 Å². The van der Waals surface area contributed by atoms with Crippen LogP contribution in [0.5, 0.6) is 0 Å². The van der Waals surface area contributed by atoms with Crippen molar-refractivity contribution in [3.8, 4) is 0 Å². The molecule has 0 saturated carbocycles. The van der Waals surface area contributed by atoms with E-state index in [1.807, 2.05) is 18.4 Å². The maximum atomic E-state index is 5.72. The Labute approximate surface area is 167 Å². The summed E-state index contributed by atoms with van der Waals surface area (Å²) in [5.74, 6) is 0.870. The van der Waals surface area contributed by atoms with E-state index in [1.165, 1.54) is 37.2 Å². The van der Waals surface area contributed by atoms with Crippen LogP contribution < -0.4 is 10.6 Å². The van der Waals surface area contributed by atoms with Gasteiger partial charge in [-0.05, 0) is 56.6 Å². The van der Waals surface area contributed by atoms with Gasteiger partial charge >= 0.3 is 0 Å². The molecule has 2 fully saturated rings. The van der Waals surface area contributed by atoms with E-state index in [2.05, 4.69) is 38.0 Å². The molecule has 152 valence electrons. The first-order chi connectivity index (χ1) is 13.4. The second-order valence-electron chi connectivity index (χ2n) is 7.22. The average Bonchev–Trinajstić information content (AvgIpc) is 3.46. The van der Waals surface area contributed by atoms with E-state index >= 15 is 0 Å². The van der Waals surface area contributed by atoms with Crippen LogP contribution in [0.15, 0.2) is 22.5 Å². The molecule has 1 aromatic heterocycles. The second-order valence-corrected chi connectivity index (χ2v) is 8.20. The predicted octanol–water partition coefficient (Wildman–Crippen LogP) is 2.64. The number of rotatable bonds is 10. The molecule has 27 heavy (non-hydrogen) atoms. The highest BCUT2D eigenvalue weighted by molar-refractivity contribution is 7.10. The predicted molar refractivity (Wildman–Crippen MR) is 112 cm³/mol. The Balaban J connectivity index is 1.33. The molecule has 0 radical (unpaired) electrons. The molecule has 2 N–H and O–H groups in total. The average molecular weight is 395 g/mol. The lowest BCUT2D eigenvalue weighted by Crippen LogP contribution is -2.42. The molecule has 2 atom stereocenters. The molecule has 7 heteroatoms. The van der Waals surface area contributed by atoms with Crippen LogP contribution in [0.1, 0.15) is 43.0 Å². The van der Waals surface area contributed by atoms with Crippen molar-refractivity contribution in [2.45, 2.75) is 44.2 Å². The number of nitrogens with zero attached hydrogens (tertiary/aromatic N) is 2. The lowest BCUT2D eigenvalue weighted by atomic mass is 10.2. The van der Waals surface area contributed by atoms with Gasteiger partial charge in [-0.2, -0.15) is 0 Å². The Hall–Kier alpha value is -1.15. The fourth-order valence-electron chi connectivity index (χ4n) is 3.73. The van der Waals surface area contributed by atoms with Crippen molar-refractivity contribution in [3.63, 3.8) is 0 Å². The minimum absolute atomic E-state index is 0.312. The number of guanidine groups is 1. The summed E-state index contributed by atoms with van der Waals surface area (Å²) in [6.07, 6.45) is 6.20. The van der Waals surface area contributed by atoms with Gasteiger partial charge in [-0.15, -0.1) is 11.3 Å². The summed E-state index contributed by atoms with van der Waals surface area (Å²) >= 11 is 1.85. The van der Waals surface area contributed by atoms with E-state index in [-0.39, 0.29) is 0 Å². The van der Waals surface area contributed by atoms with Gasteiger partial charge in [-0.3, -0.25) is 9.89 Å². The van der Waals surface area contributed by atoms with Gasteiger partial charge < -0.3 is 20.1 Å². The fourth-order valence-corrected chi connectivity index (χ4v) is 4.59. The standard InChI is InChI=1S/C20H34N4O2S/c1-21-20(22-9-6-12-25-16-17-7-4-13-26-17)23-15-18(19-8-5-14-27-19)24-10-2-3-11-24/h5,8,14,17-18H,2-4,6-7,9-13,15-16H2,1H3,(H2,21,22,23). The molecule has 0 amide bonds. The number of likely N-dealkylation sites (tertiary alicyclic amines) is 1. The number of ether oxygens (including phenoxy) is 2. The molecule has 2 saturated heterocycles. The highest BCUT2D eigenvalue weighted by Gasteiger charge is 2.24. The molecule has 0 aromatic carbocycles. The summed E-state index contributed by atoms with van der Waals surface area (Å²) in [6, 6.07) is 4.82. The molecular weight excluding hydrogens is 360 g/mol. The zero-order chi connectivity index (χ0) is 18.7. The van der Waals surface area contributed by atoms with Crippen LogP contribution in [-0.2, 0) is 9.47 Å². The molecule has 2 aliphatic heterocycles. The minimum atomic E-state index is 0.312. The molecule has 6 nitrogen and oxygen atoms in total. The van der Waals surface area contributed by atoms with Crippen LogP contribution in [0, 0.1) is 0 Å². The van der Waals surface area contributed by atoms with E-state index < -0.39 is 0 Å². The molecule has 1 aromatic rings. The molecule has 3 rings (SSSR count). The first-order valence-electron chi connectivity index (χ1n) is 10.3. The summed E-state index contributed by atoms with van der Waals surface area (Å²) in [6.45, 7) is 6.51. The summed E-state index contributed by atoms with van der Waals surface area (Å²) in [7, 11) is 1.83. The van der Waals surface area contributed by atoms with Crippen LogP contribution in [0.2, 0.25) is 0 Å². The van der Waals surface area contributed by atoms with Gasteiger partial charge in [0.15, 0.2) is 5.96 Å². The van der Waals surface area contributed by atoms with Crippen molar-refractivity contribution in [3.05, 3.63) is 22.4 Å². The Morgan fingerprint density at radius 3 is 2.96 bits per heavy atom. The van der Waals surface area contributed by atoms with E-state index in [1.54, 1.807) is 0 Å². The van der Waals surface area contributed by atoms with Crippen molar-refractivity contribution in [1.82, 2.24) is 15.5 Å². The lowest BCUT2D eigenvalue weighted by molar-refractivity contribution is 0.0168.